The second kappa shape index (κ2) is 6.08. The Labute approximate surface area is 138 Å². The largest absolute Gasteiger partial charge is 0.354 e. The van der Waals surface area contributed by atoms with Crippen LogP contribution in [-0.4, -0.2) is 27.4 Å². The molecule has 0 radical (unpaired) electrons. The summed E-state index contributed by atoms with van der Waals surface area (Å²) in [6.45, 7) is 3.81. The number of hydrogen-bond donors (Lipinski definition) is 2. The van der Waals surface area contributed by atoms with Gasteiger partial charge in [0.1, 0.15) is 11.9 Å². The first-order valence-corrected chi connectivity index (χ1v) is 7.99. The van der Waals surface area contributed by atoms with Crippen molar-refractivity contribution in [3.63, 3.8) is 0 Å². The van der Waals surface area contributed by atoms with Crippen molar-refractivity contribution < 1.29 is 9.59 Å². The molecule has 6 nitrogen and oxygen atoms in total. The van der Waals surface area contributed by atoms with Gasteiger partial charge < -0.3 is 10.6 Å². The minimum Gasteiger partial charge on any atom is -0.354 e. The molecule has 0 fully saturated rings. The molecular formula is C16H18N4O2S. The number of carbonyl (C=O) groups excluding carboxylic acids is 2. The van der Waals surface area contributed by atoms with Crippen molar-refractivity contribution in [1.82, 2.24) is 14.9 Å². The summed E-state index contributed by atoms with van der Waals surface area (Å²) in [5.41, 5.74) is 0.752. The summed E-state index contributed by atoms with van der Waals surface area (Å²) in [4.78, 5) is 28.5. The summed E-state index contributed by atoms with van der Waals surface area (Å²) in [6, 6.07) is 7.13. The summed E-state index contributed by atoms with van der Waals surface area (Å²) in [5.74, 6) is 0.452. The van der Waals surface area contributed by atoms with Gasteiger partial charge >= 0.3 is 0 Å². The summed E-state index contributed by atoms with van der Waals surface area (Å²) < 4.78 is 2.08. The fraction of sp³-hybridized carbons (Fsp3) is 0.375. The average molecular weight is 330 g/mol. The third-order valence-corrected chi connectivity index (χ3v) is 4.06. The van der Waals surface area contributed by atoms with Crippen molar-refractivity contribution in [2.45, 2.75) is 38.8 Å². The van der Waals surface area contributed by atoms with Crippen LogP contribution in [0.1, 0.15) is 32.7 Å². The number of nitrogens with zero attached hydrogens (tertiary/aromatic N) is 2. The molecule has 0 saturated carbocycles. The van der Waals surface area contributed by atoms with Crippen LogP contribution < -0.4 is 10.6 Å². The van der Waals surface area contributed by atoms with Crippen molar-refractivity contribution in [2.75, 3.05) is 5.32 Å². The number of hydrogen-bond acceptors (Lipinski definition) is 4. The third-order valence-electron chi connectivity index (χ3n) is 3.77. The fourth-order valence-corrected chi connectivity index (χ4v) is 3.13. The third kappa shape index (κ3) is 2.96. The molecule has 2 N–H and O–H groups in total. The van der Waals surface area contributed by atoms with E-state index in [9.17, 15) is 9.59 Å². The lowest BCUT2D eigenvalue weighted by atomic mass is 10.1. The fourth-order valence-electron chi connectivity index (χ4n) is 2.81. The molecule has 0 aliphatic carbocycles. The highest BCUT2D eigenvalue weighted by Gasteiger charge is 2.32. The van der Waals surface area contributed by atoms with Gasteiger partial charge in [-0.25, -0.2) is 4.98 Å². The smallest absolute Gasteiger partial charge is 0.248 e. The molecule has 1 aliphatic rings. The lowest BCUT2D eigenvalue weighted by Gasteiger charge is -2.14. The Morgan fingerprint density at radius 2 is 2.17 bits per heavy atom. The quantitative estimate of drug-likeness (QED) is 0.845. The Kier molecular flexibility index (Phi) is 4.12. The molecule has 2 amide bonds. The van der Waals surface area contributed by atoms with E-state index >= 15 is 0 Å². The first kappa shape index (κ1) is 15.6. The Hall–Kier alpha value is -2.28. The van der Waals surface area contributed by atoms with Crippen molar-refractivity contribution in [2.24, 2.45) is 0 Å². The van der Waals surface area contributed by atoms with Gasteiger partial charge in [-0.3, -0.25) is 14.2 Å². The number of rotatable bonds is 4. The van der Waals surface area contributed by atoms with Crippen LogP contribution in [0.15, 0.2) is 24.3 Å². The first-order valence-electron chi connectivity index (χ1n) is 7.59. The number of anilines is 1. The van der Waals surface area contributed by atoms with Gasteiger partial charge in [0, 0.05) is 17.8 Å². The summed E-state index contributed by atoms with van der Waals surface area (Å²) in [6.07, 6.45) is 0.663. The van der Waals surface area contributed by atoms with Gasteiger partial charge in [0.05, 0.1) is 5.52 Å². The van der Waals surface area contributed by atoms with Crippen LogP contribution in [0.25, 0.3) is 10.9 Å². The van der Waals surface area contributed by atoms with Gasteiger partial charge in [-0.1, -0.05) is 12.1 Å². The summed E-state index contributed by atoms with van der Waals surface area (Å²) >= 11 is 5.35. The van der Waals surface area contributed by atoms with Crippen LogP contribution in [-0.2, 0) is 9.59 Å². The van der Waals surface area contributed by atoms with E-state index in [1.807, 2.05) is 38.1 Å². The van der Waals surface area contributed by atoms with E-state index in [0.29, 0.717) is 17.0 Å². The minimum absolute atomic E-state index is 0.0680. The van der Waals surface area contributed by atoms with Crippen molar-refractivity contribution >= 4 is 40.8 Å². The van der Waals surface area contributed by atoms with Gasteiger partial charge in [-0.2, -0.15) is 0 Å². The zero-order valence-corrected chi connectivity index (χ0v) is 13.8. The first-order chi connectivity index (χ1) is 11.0. The van der Waals surface area contributed by atoms with Gasteiger partial charge in [-0.15, -0.1) is 0 Å². The van der Waals surface area contributed by atoms with E-state index in [1.165, 1.54) is 0 Å². The molecule has 2 heterocycles. The predicted molar refractivity (Wildman–Crippen MR) is 90.7 cm³/mol. The van der Waals surface area contributed by atoms with Gasteiger partial charge in [0.15, 0.2) is 0 Å². The predicted octanol–water partition coefficient (Wildman–Crippen LogP) is 2.56. The van der Waals surface area contributed by atoms with E-state index in [-0.39, 0.29) is 24.3 Å². The van der Waals surface area contributed by atoms with Crippen LogP contribution in [0.2, 0.25) is 0 Å². The van der Waals surface area contributed by atoms with Crippen LogP contribution in [0, 0.1) is 4.77 Å². The minimum atomic E-state index is -0.493. The maximum Gasteiger partial charge on any atom is 0.248 e. The van der Waals surface area contributed by atoms with Crippen LogP contribution in [0.5, 0.6) is 0 Å². The molecule has 120 valence electrons. The Balaban J connectivity index is 1.92. The number of para-hydroxylation sites is 1. The molecule has 0 spiro atoms. The zero-order chi connectivity index (χ0) is 16.6. The maximum atomic E-state index is 12.3. The number of nitrogens with one attached hydrogen (secondary N) is 2. The van der Waals surface area contributed by atoms with E-state index < -0.39 is 6.04 Å². The maximum absolute atomic E-state index is 12.3. The number of benzene rings is 1. The van der Waals surface area contributed by atoms with Crippen LogP contribution >= 0.6 is 12.2 Å². The standard InChI is InChI=1S/C16H18N4O2S/c1-9(2)17-13(21)8-7-12-15(22)19-14-10-5-3-4-6-11(10)18-16(23)20(12)14/h3-6,9,12H,7-8H2,1-2H3,(H,17,21)(H,19,22). The number of amides is 2. The number of carbonyl (C=O) groups is 2. The molecule has 1 unspecified atom stereocenters. The van der Waals surface area contributed by atoms with Crippen molar-refractivity contribution in [3.05, 3.63) is 29.0 Å². The molecular weight excluding hydrogens is 312 g/mol. The Morgan fingerprint density at radius 1 is 1.43 bits per heavy atom. The van der Waals surface area contributed by atoms with E-state index in [1.54, 1.807) is 4.57 Å². The van der Waals surface area contributed by atoms with Crippen LogP contribution in [0.4, 0.5) is 5.82 Å². The molecule has 2 aromatic rings. The lowest BCUT2D eigenvalue weighted by molar-refractivity contribution is -0.122. The molecule has 1 atom stereocenters. The van der Waals surface area contributed by atoms with Crippen LogP contribution in [0.3, 0.4) is 0 Å². The van der Waals surface area contributed by atoms with Gasteiger partial charge in [0.25, 0.3) is 0 Å². The van der Waals surface area contributed by atoms with E-state index in [4.69, 9.17) is 12.2 Å². The highest BCUT2D eigenvalue weighted by Crippen LogP contribution is 2.33. The second-order valence-corrected chi connectivity index (χ2v) is 6.26. The summed E-state index contributed by atoms with van der Waals surface area (Å²) in [5, 5.41) is 6.56. The van der Waals surface area contributed by atoms with E-state index in [0.717, 1.165) is 10.9 Å². The molecule has 7 heteroatoms. The lowest BCUT2D eigenvalue weighted by Crippen LogP contribution is -2.30. The highest BCUT2D eigenvalue weighted by atomic mass is 32.1. The van der Waals surface area contributed by atoms with E-state index in [2.05, 4.69) is 15.6 Å². The zero-order valence-electron chi connectivity index (χ0n) is 13.0. The SMILES string of the molecule is CC(C)NC(=O)CCC1C(=O)Nc2c3ccccc3nc(=S)n21. The van der Waals surface area contributed by atoms with Gasteiger partial charge in [-0.05, 0) is 44.6 Å². The summed E-state index contributed by atoms with van der Waals surface area (Å²) in [7, 11) is 0. The molecule has 1 aromatic heterocycles. The monoisotopic (exact) mass is 330 g/mol. The molecule has 23 heavy (non-hydrogen) atoms. The van der Waals surface area contributed by atoms with Gasteiger partial charge in [0.2, 0.25) is 16.6 Å². The topological polar surface area (TPSA) is 76.0 Å². The Bertz CT molecular complexity index is 844. The molecule has 1 aliphatic heterocycles. The normalized spacial score (nSPS) is 16.5. The number of aromatic nitrogens is 2. The second-order valence-electron chi connectivity index (χ2n) is 5.90. The molecule has 3 rings (SSSR count). The average Bonchev–Trinajstić information content (AvgIpc) is 2.82. The molecule has 0 bridgehead atoms. The molecule has 1 aromatic carbocycles. The van der Waals surface area contributed by atoms with Crippen molar-refractivity contribution in [1.29, 1.82) is 0 Å². The van der Waals surface area contributed by atoms with Crippen molar-refractivity contribution in [3.8, 4) is 0 Å². The number of fused-ring (bicyclic) bond motifs is 3. The highest BCUT2D eigenvalue weighted by molar-refractivity contribution is 7.71. The molecule has 0 saturated heterocycles. The Morgan fingerprint density at radius 3 is 2.91 bits per heavy atom.